The van der Waals surface area contributed by atoms with Gasteiger partial charge < -0.3 is 20.4 Å². The van der Waals surface area contributed by atoms with E-state index in [-0.39, 0.29) is 11.9 Å². The number of benzene rings is 1. The Morgan fingerprint density at radius 1 is 1.59 bits per heavy atom. The SMILES string of the molecule is N/C(=N/O)c1ccc(COC2COC2)c(Cl)c1. The van der Waals surface area contributed by atoms with Crippen molar-refractivity contribution in [1.29, 1.82) is 0 Å². The molecule has 1 heterocycles. The fourth-order valence-electron chi connectivity index (χ4n) is 1.40. The molecule has 1 fully saturated rings. The second-order valence-corrected chi connectivity index (χ2v) is 4.17. The van der Waals surface area contributed by atoms with Gasteiger partial charge in [-0.3, -0.25) is 0 Å². The van der Waals surface area contributed by atoms with Crippen molar-refractivity contribution in [3.8, 4) is 0 Å². The molecule has 1 aromatic rings. The lowest BCUT2D eigenvalue weighted by Crippen LogP contribution is -2.35. The standard InChI is InChI=1S/C11H13ClN2O3/c12-10-3-7(11(13)14-15)1-2-8(10)4-17-9-5-16-6-9/h1-3,9,15H,4-6H2,(H2,13,14). The fourth-order valence-corrected chi connectivity index (χ4v) is 1.63. The van der Waals surface area contributed by atoms with Gasteiger partial charge in [0.1, 0.15) is 6.10 Å². The van der Waals surface area contributed by atoms with E-state index in [1.54, 1.807) is 18.2 Å². The van der Waals surface area contributed by atoms with Gasteiger partial charge in [0.05, 0.1) is 19.8 Å². The molecule has 0 atom stereocenters. The zero-order valence-corrected chi connectivity index (χ0v) is 9.85. The Bertz CT molecular complexity index is 433. The van der Waals surface area contributed by atoms with Crippen molar-refractivity contribution in [1.82, 2.24) is 0 Å². The second kappa shape index (κ2) is 5.35. The number of nitrogens with two attached hydrogens (primary N) is 1. The van der Waals surface area contributed by atoms with Crippen LogP contribution in [0.3, 0.4) is 0 Å². The van der Waals surface area contributed by atoms with Crippen molar-refractivity contribution in [2.45, 2.75) is 12.7 Å². The second-order valence-electron chi connectivity index (χ2n) is 3.76. The van der Waals surface area contributed by atoms with Crippen molar-refractivity contribution in [2.24, 2.45) is 10.9 Å². The molecule has 0 aromatic heterocycles. The summed E-state index contributed by atoms with van der Waals surface area (Å²) in [5.74, 6) is 0.0340. The van der Waals surface area contributed by atoms with Crippen molar-refractivity contribution >= 4 is 17.4 Å². The number of nitrogens with zero attached hydrogens (tertiary/aromatic N) is 1. The monoisotopic (exact) mass is 256 g/mol. The lowest BCUT2D eigenvalue weighted by Gasteiger charge is -2.26. The molecule has 0 amide bonds. The first-order chi connectivity index (χ1) is 8.20. The van der Waals surface area contributed by atoms with Crippen LogP contribution in [0.4, 0.5) is 0 Å². The molecule has 0 radical (unpaired) electrons. The predicted molar refractivity (Wildman–Crippen MR) is 63.4 cm³/mol. The Hall–Kier alpha value is -1.30. The van der Waals surface area contributed by atoms with Crippen LogP contribution in [0.1, 0.15) is 11.1 Å². The van der Waals surface area contributed by atoms with Gasteiger partial charge in [-0.05, 0) is 11.6 Å². The molecular weight excluding hydrogens is 244 g/mol. The van der Waals surface area contributed by atoms with Crippen LogP contribution in [0.15, 0.2) is 23.4 Å². The number of ether oxygens (including phenoxy) is 2. The Morgan fingerprint density at radius 2 is 2.35 bits per heavy atom. The number of hydrogen-bond acceptors (Lipinski definition) is 4. The highest BCUT2D eigenvalue weighted by Crippen LogP contribution is 2.20. The zero-order chi connectivity index (χ0) is 12.3. The summed E-state index contributed by atoms with van der Waals surface area (Å²) in [6.07, 6.45) is 0.162. The third-order valence-corrected chi connectivity index (χ3v) is 2.89. The Morgan fingerprint density at radius 3 is 2.88 bits per heavy atom. The summed E-state index contributed by atoms with van der Waals surface area (Å²) in [4.78, 5) is 0. The minimum Gasteiger partial charge on any atom is -0.409 e. The Labute approximate surface area is 104 Å². The lowest BCUT2D eigenvalue weighted by atomic mass is 10.1. The van der Waals surface area contributed by atoms with Crippen LogP contribution in [-0.2, 0) is 16.1 Å². The quantitative estimate of drug-likeness (QED) is 0.369. The normalized spacial score (nSPS) is 16.9. The largest absolute Gasteiger partial charge is 0.409 e. The molecule has 1 aliphatic heterocycles. The summed E-state index contributed by atoms with van der Waals surface area (Å²) >= 11 is 6.07. The number of halogens is 1. The molecule has 1 aliphatic rings. The van der Waals surface area contributed by atoms with Crippen LogP contribution in [0.2, 0.25) is 5.02 Å². The maximum absolute atomic E-state index is 8.55. The van der Waals surface area contributed by atoms with Crippen LogP contribution < -0.4 is 5.73 Å². The van der Waals surface area contributed by atoms with E-state index in [0.29, 0.717) is 30.4 Å². The molecule has 5 nitrogen and oxygen atoms in total. The molecule has 0 spiro atoms. The van der Waals surface area contributed by atoms with Gasteiger partial charge in [-0.2, -0.15) is 0 Å². The molecule has 0 unspecified atom stereocenters. The number of amidine groups is 1. The smallest absolute Gasteiger partial charge is 0.170 e. The average molecular weight is 257 g/mol. The van der Waals surface area contributed by atoms with Gasteiger partial charge in [0.15, 0.2) is 5.84 Å². The summed E-state index contributed by atoms with van der Waals surface area (Å²) in [5.41, 5.74) is 6.91. The summed E-state index contributed by atoms with van der Waals surface area (Å²) in [6.45, 7) is 1.71. The molecule has 2 rings (SSSR count). The number of oxime groups is 1. The summed E-state index contributed by atoms with van der Waals surface area (Å²) in [5, 5.41) is 12.0. The molecule has 0 bridgehead atoms. The first kappa shape index (κ1) is 12.2. The van der Waals surface area contributed by atoms with E-state index in [0.717, 1.165) is 5.56 Å². The molecular formula is C11H13ClN2O3. The molecule has 3 N–H and O–H groups in total. The van der Waals surface area contributed by atoms with E-state index in [9.17, 15) is 0 Å². The highest BCUT2D eigenvalue weighted by molar-refractivity contribution is 6.31. The maximum atomic E-state index is 8.55. The van der Waals surface area contributed by atoms with E-state index in [2.05, 4.69) is 5.16 Å². The summed E-state index contributed by atoms with van der Waals surface area (Å²) in [7, 11) is 0. The van der Waals surface area contributed by atoms with Crippen molar-refractivity contribution < 1.29 is 14.7 Å². The zero-order valence-electron chi connectivity index (χ0n) is 9.10. The molecule has 6 heteroatoms. The molecule has 0 aliphatic carbocycles. The highest BCUT2D eigenvalue weighted by Gasteiger charge is 2.19. The Balaban J connectivity index is 2.03. The summed E-state index contributed by atoms with van der Waals surface area (Å²) < 4.78 is 10.6. The van der Waals surface area contributed by atoms with E-state index in [4.69, 9.17) is 32.0 Å². The van der Waals surface area contributed by atoms with Crippen molar-refractivity contribution in [3.63, 3.8) is 0 Å². The minimum atomic E-state index is 0.0340. The van der Waals surface area contributed by atoms with Gasteiger partial charge in [-0.15, -0.1) is 0 Å². The average Bonchev–Trinajstić information content (AvgIpc) is 2.28. The van der Waals surface area contributed by atoms with Gasteiger partial charge in [0, 0.05) is 10.6 Å². The number of hydrogen-bond donors (Lipinski definition) is 2. The third kappa shape index (κ3) is 2.88. The highest BCUT2D eigenvalue weighted by atomic mass is 35.5. The van der Waals surface area contributed by atoms with Gasteiger partial charge in [-0.1, -0.05) is 28.9 Å². The van der Waals surface area contributed by atoms with Crippen molar-refractivity contribution in [2.75, 3.05) is 13.2 Å². The third-order valence-electron chi connectivity index (χ3n) is 2.54. The van der Waals surface area contributed by atoms with Gasteiger partial charge in [-0.25, -0.2) is 0 Å². The van der Waals surface area contributed by atoms with Crippen LogP contribution in [0.25, 0.3) is 0 Å². The maximum Gasteiger partial charge on any atom is 0.170 e. The van der Waals surface area contributed by atoms with Crippen LogP contribution in [0, 0.1) is 0 Å². The first-order valence-corrected chi connectivity index (χ1v) is 5.54. The summed E-state index contributed by atoms with van der Waals surface area (Å²) in [6, 6.07) is 5.18. The topological polar surface area (TPSA) is 77.1 Å². The van der Waals surface area contributed by atoms with Crippen LogP contribution in [-0.4, -0.2) is 30.4 Å². The predicted octanol–water partition coefficient (Wildman–Crippen LogP) is 1.35. The molecule has 1 saturated heterocycles. The van der Waals surface area contributed by atoms with Gasteiger partial charge in [0.2, 0.25) is 0 Å². The van der Waals surface area contributed by atoms with Crippen LogP contribution >= 0.6 is 11.6 Å². The lowest BCUT2D eigenvalue weighted by molar-refractivity contribution is -0.135. The number of rotatable bonds is 4. The minimum absolute atomic E-state index is 0.0340. The van der Waals surface area contributed by atoms with E-state index in [1.807, 2.05) is 0 Å². The van der Waals surface area contributed by atoms with Crippen molar-refractivity contribution in [3.05, 3.63) is 34.3 Å². The fraction of sp³-hybridized carbons (Fsp3) is 0.364. The van der Waals surface area contributed by atoms with E-state index in [1.165, 1.54) is 0 Å². The molecule has 1 aromatic carbocycles. The van der Waals surface area contributed by atoms with E-state index >= 15 is 0 Å². The van der Waals surface area contributed by atoms with Crippen LogP contribution in [0.5, 0.6) is 0 Å². The molecule has 0 saturated carbocycles. The van der Waals surface area contributed by atoms with E-state index < -0.39 is 0 Å². The van der Waals surface area contributed by atoms with Gasteiger partial charge >= 0.3 is 0 Å². The molecule has 92 valence electrons. The first-order valence-electron chi connectivity index (χ1n) is 5.16. The molecule has 17 heavy (non-hydrogen) atoms. The van der Waals surface area contributed by atoms with Gasteiger partial charge in [0.25, 0.3) is 0 Å². The Kier molecular flexibility index (Phi) is 3.83.